The van der Waals surface area contributed by atoms with Crippen LogP contribution in [-0.4, -0.2) is 42.0 Å². The number of carbonyl (C=O) groups excluding carboxylic acids is 1. The second kappa shape index (κ2) is 10.8. The summed E-state index contributed by atoms with van der Waals surface area (Å²) < 4.78 is 0. The van der Waals surface area contributed by atoms with E-state index < -0.39 is 0 Å². The molecule has 0 radical (unpaired) electrons. The molecule has 0 bridgehead atoms. The molecule has 0 N–H and O–H groups in total. The maximum Gasteiger partial charge on any atom is 0.253 e. The number of nitrogens with zero attached hydrogens (tertiary/aromatic N) is 3. The minimum absolute atomic E-state index is 0.0805. The van der Waals surface area contributed by atoms with Crippen molar-refractivity contribution in [1.29, 1.82) is 0 Å². The highest BCUT2D eigenvalue weighted by Gasteiger charge is 2.22. The number of carbonyl (C=O) groups is 1. The molecule has 0 atom stereocenters. The van der Waals surface area contributed by atoms with Gasteiger partial charge in [-0.3, -0.25) is 9.78 Å². The van der Waals surface area contributed by atoms with E-state index >= 15 is 0 Å². The van der Waals surface area contributed by atoms with Crippen molar-refractivity contribution >= 4 is 11.6 Å². The third-order valence-electron chi connectivity index (χ3n) is 4.85. The quantitative estimate of drug-likeness (QED) is 0.599. The van der Waals surface area contributed by atoms with Crippen LogP contribution >= 0.6 is 0 Å². The molecule has 0 saturated carbocycles. The molecule has 4 rings (SSSR count). The largest absolute Gasteiger partial charge is 0.368 e. The summed E-state index contributed by atoms with van der Waals surface area (Å²) in [7, 11) is 0. The van der Waals surface area contributed by atoms with E-state index in [2.05, 4.69) is 21.7 Å². The Balaban J connectivity index is 0.00000124. The summed E-state index contributed by atoms with van der Waals surface area (Å²) >= 11 is 0. The molecule has 0 aliphatic carbocycles. The second-order valence-electron chi connectivity index (χ2n) is 6.68. The van der Waals surface area contributed by atoms with Gasteiger partial charge in [-0.1, -0.05) is 43.9 Å². The highest BCUT2D eigenvalue weighted by molar-refractivity contribution is 5.94. The highest BCUT2D eigenvalue weighted by atomic mass is 16.2. The predicted octanol–water partition coefficient (Wildman–Crippen LogP) is 4.47. The minimum atomic E-state index is 0.0805. The van der Waals surface area contributed by atoms with Crippen molar-refractivity contribution in [3.05, 3.63) is 95.8 Å². The average Bonchev–Trinajstić information content (AvgIpc) is 2.85. The van der Waals surface area contributed by atoms with E-state index in [1.165, 1.54) is 0 Å². The van der Waals surface area contributed by atoms with Crippen LogP contribution in [0.4, 0.5) is 5.69 Å². The zero-order valence-electron chi connectivity index (χ0n) is 17.6. The smallest absolute Gasteiger partial charge is 0.253 e. The summed E-state index contributed by atoms with van der Waals surface area (Å²) in [5, 5.41) is 0. The molecule has 0 unspecified atom stereocenters. The standard InChI is InChI=1S/C24H21N3O.C2H6/c28-24(27-18-16-26(17-19-27)23-12-14-25-15-13-23)22-10-8-21(9-11-22)7-6-20-4-2-1-3-5-20;1-2/h1-5,8-15H,16-19H2;1-2H3. The predicted molar refractivity (Wildman–Crippen MR) is 123 cm³/mol. The molecule has 1 aliphatic heterocycles. The zero-order chi connectivity index (χ0) is 21.2. The number of rotatable bonds is 2. The Morgan fingerprint density at radius 2 is 1.33 bits per heavy atom. The van der Waals surface area contributed by atoms with Crippen LogP contribution in [0.2, 0.25) is 0 Å². The van der Waals surface area contributed by atoms with E-state index in [4.69, 9.17) is 0 Å². The molecule has 3 aromatic rings. The third kappa shape index (κ3) is 5.48. The average molecular weight is 398 g/mol. The van der Waals surface area contributed by atoms with Crippen molar-refractivity contribution in [2.45, 2.75) is 13.8 Å². The Kier molecular flexibility index (Phi) is 7.63. The molecule has 4 heteroatoms. The van der Waals surface area contributed by atoms with Crippen LogP contribution in [0.1, 0.15) is 35.3 Å². The normalized spacial score (nSPS) is 12.9. The minimum Gasteiger partial charge on any atom is -0.368 e. The van der Waals surface area contributed by atoms with E-state index in [1.54, 1.807) is 12.4 Å². The second-order valence-corrected chi connectivity index (χ2v) is 6.68. The van der Waals surface area contributed by atoms with Gasteiger partial charge in [-0.25, -0.2) is 0 Å². The Hall–Kier alpha value is -3.58. The van der Waals surface area contributed by atoms with Gasteiger partial charge in [-0.2, -0.15) is 0 Å². The lowest BCUT2D eigenvalue weighted by Gasteiger charge is -2.36. The number of hydrogen-bond donors (Lipinski definition) is 0. The molecule has 30 heavy (non-hydrogen) atoms. The lowest BCUT2D eigenvalue weighted by atomic mass is 10.1. The van der Waals surface area contributed by atoms with Crippen molar-refractivity contribution in [3.8, 4) is 11.8 Å². The fraction of sp³-hybridized carbons (Fsp3) is 0.231. The van der Waals surface area contributed by atoms with Gasteiger partial charge in [0.1, 0.15) is 0 Å². The summed E-state index contributed by atoms with van der Waals surface area (Å²) in [6, 6.07) is 21.5. The number of piperazine rings is 1. The number of benzene rings is 2. The van der Waals surface area contributed by atoms with Gasteiger partial charge in [-0.15, -0.1) is 0 Å². The first-order valence-corrected chi connectivity index (χ1v) is 10.4. The van der Waals surface area contributed by atoms with Crippen LogP contribution in [0, 0.1) is 11.8 Å². The topological polar surface area (TPSA) is 36.4 Å². The van der Waals surface area contributed by atoms with Gasteiger partial charge in [-0.05, 0) is 48.5 Å². The first-order valence-electron chi connectivity index (χ1n) is 10.4. The van der Waals surface area contributed by atoms with E-state index in [0.29, 0.717) is 5.56 Å². The van der Waals surface area contributed by atoms with Gasteiger partial charge < -0.3 is 9.80 Å². The summed E-state index contributed by atoms with van der Waals surface area (Å²) in [5.74, 6) is 6.36. The van der Waals surface area contributed by atoms with Gasteiger partial charge in [0.25, 0.3) is 5.91 Å². The van der Waals surface area contributed by atoms with Crippen molar-refractivity contribution in [2.24, 2.45) is 0 Å². The van der Waals surface area contributed by atoms with Crippen molar-refractivity contribution in [3.63, 3.8) is 0 Å². The van der Waals surface area contributed by atoms with Crippen LogP contribution < -0.4 is 4.90 Å². The molecule has 0 spiro atoms. The van der Waals surface area contributed by atoms with Gasteiger partial charge in [0.05, 0.1) is 0 Å². The number of aromatic nitrogens is 1. The van der Waals surface area contributed by atoms with Gasteiger partial charge in [0.2, 0.25) is 0 Å². The highest BCUT2D eigenvalue weighted by Crippen LogP contribution is 2.16. The van der Waals surface area contributed by atoms with Crippen LogP contribution in [-0.2, 0) is 0 Å². The van der Waals surface area contributed by atoms with Gasteiger partial charge >= 0.3 is 0 Å². The molecular formula is C26H27N3O. The molecular weight excluding hydrogens is 370 g/mol. The van der Waals surface area contributed by atoms with Gasteiger partial charge in [0.15, 0.2) is 0 Å². The Morgan fingerprint density at radius 1 is 0.767 bits per heavy atom. The monoisotopic (exact) mass is 397 g/mol. The SMILES string of the molecule is CC.O=C(c1ccc(C#Cc2ccccc2)cc1)N1CCN(c2ccncc2)CC1. The fourth-order valence-electron chi connectivity index (χ4n) is 3.27. The molecule has 4 nitrogen and oxygen atoms in total. The lowest BCUT2D eigenvalue weighted by Crippen LogP contribution is -2.48. The molecule has 2 heterocycles. The lowest BCUT2D eigenvalue weighted by molar-refractivity contribution is 0.0747. The molecule has 1 aliphatic rings. The third-order valence-corrected chi connectivity index (χ3v) is 4.85. The van der Waals surface area contributed by atoms with Crippen LogP contribution in [0.15, 0.2) is 79.1 Å². The van der Waals surface area contributed by atoms with Crippen LogP contribution in [0.5, 0.6) is 0 Å². The van der Waals surface area contributed by atoms with Crippen LogP contribution in [0.3, 0.4) is 0 Å². The molecule has 2 aromatic carbocycles. The maximum absolute atomic E-state index is 12.8. The van der Waals surface area contributed by atoms with Gasteiger partial charge in [0, 0.05) is 61.0 Å². The fourth-order valence-corrected chi connectivity index (χ4v) is 3.27. The first kappa shape index (κ1) is 21.1. The zero-order valence-corrected chi connectivity index (χ0v) is 17.6. The number of amides is 1. The molecule has 1 amide bonds. The van der Waals surface area contributed by atoms with Crippen molar-refractivity contribution in [2.75, 3.05) is 31.1 Å². The summed E-state index contributed by atoms with van der Waals surface area (Å²) in [6.07, 6.45) is 3.60. The van der Waals surface area contributed by atoms with Crippen molar-refractivity contribution in [1.82, 2.24) is 9.88 Å². The van der Waals surface area contributed by atoms with E-state index in [9.17, 15) is 4.79 Å². The Labute approximate surface area is 179 Å². The number of hydrogen-bond acceptors (Lipinski definition) is 3. The first-order chi connectivity index (χ1) is 14.8. The van der Waals surface area contributed by atoms with E-state index in [0.717, 1.165) is 43.0 Å². The molecule has 1 saturated heterocycles. The molecule has 1 aromatic heterocycles. The Bertz CT molecular complexity index is 981. The summed E-state index contributed by atoms with van der Waals surface area (Å²) in [5.41, 5.74) is 3.75. The van der Waals surface area contributed by atoms with E-state index in [-0.39, 0.29) is 5.91 Å². The number of anilines is 1. The van der Waals surface area contributed by atoms with E-state index in [1.807, 2.05) is 85.5 Å². The number of pyridine rings is 1. The van der Waals surface area contributed by atoms with Crippen LogP contribution in [0.25, 0.3) is 0 Å². The summed E-state index contributed by atoms with van der Waals surface area (Å²) in [4.78, 5) is 21.1. The van der Waals surface area contributed by atoms with Crippen molar-refractivity contribution < 1.29 is 4.79 Å². The molecule has 152 valence electrons. The maximum atomic E-state index is 12.8. The Morgan fingerprint density at radius 3 is 1.93 bits per heavy atom. The summed E-state index contributed by atoms with van der Waals surface area (Å²) in [6.45, 7) is 7.10. The molecule has 1 fully saturated rings.